The summed E-state index contributed by atoms with van der Waals surface area (Å²) in [4.78, 5) is 0. The summed E-state index contributed by atoms with van der Waals surface area (Å²) in [5.41, 5.74) is 2.54. The second-order valence-corrected chi connectivity index (χ2v) is 5.92. The van der Waals surface area contributed by atoms with Crippen LogP contribution in [0.1, 0.15) is 36.8 Å². The molecule has 0 amide bonds. The van der Waals surface area contributed by atoms with Crippen LogP contribution in [-0.4, -0.2) is 19.8 Å². The van der Waals surface area contributed by atoms with Gasteiger partial charge in [-0.3, -0.25) is 0 Å². The van der Waals surface area contributed by atoms with Gasteiger partial charge in [0, 0.05) is 17.0 Å². The first-order valence-electron chi connectivity index (χ1n) is 6.23. The summed E-state index contributed by atoms with van der Waals surface area (Å²) in [6.07, 6.45) is 2.16. The molecule has 2 aliphatic rings. The van der Waals surface area contributed by atoms with E-state index < -0.39 is 0 Å². The Morgan fingerprint density at radius 3 is 3.06 bits per heavy atom. The van der Waals surface area contributed by atoms with Crippen molar-refractivity contribution in [3.05, 3.63) is 33.8 Å². The highest BCUT2D eigenvalue weighted by Crippen LogP contribution is 2.45. The highest BCUT2D eigenvalue weighted by molar-refractivity contribution is 9.10. The Morgan fingerprint density at radius 1 is 1.41 bits per heavy atom. The molecule has 2 heterocycles. The first-order chi connectivity index (χ1) is 8.23. The predicted octanol–water partition coefficient (Wildman–Crippen LogP) is 3.59. The lowest BCUT2D eigenvalue weighted by molar-refractivity contribution is -0.145. The van der Waals surface area contributed by atoms with Crippen molar-refractivity contribution in [2.24, 2.45) is 0 Å². The molecular weight excluding hydrogens is 280 g/mol. The summed E-state index contributed by atoms with van der Waals surface area (Å²) < 4.78 is 13.0. The second-order valence-electron chi connectivity index (χ2n) is 5.06. The Labute approximate surface area is 110 Å². The van der Waals surface area contributed by atoms with Gasteiger partial charge in [-0.05, 0) is 30.0 Å². The number of ether oxygens (including phenoxy) is 2. The smallest absolute Gasteiger partial charge is 0.117 e. The zero-order chi connectivity index (χ0) is 11.9. The fourth-order valence-corrected chi connectivity index (χ4v) is 3.73. The molecule has 92 valence electrons. The monoisotopic (exact) mass is 296 g/mol. The number of rotatable bonds is 0. The molecule has 2 nitrogen and oxygen atoms in total. The fraction of sp³-hybridized carbons (Fsp3) is 0.571. The lowest BCUT2D eigenvalue weighted by atomic mass is 9.79. The van der Waals surface area contributed by atoms with Crippen LogP contribution in [0.5, 0.6) is 0 Å². The molecule has 0 saturated carbocycles. The maximum atomic E-state index is 6.15. The van der Waals surface area contributed by atoms with E-state index in [4.69, 9.17) is 9.47 Å². The number of benzene rings is 1. The molecule has 3 heteroatoms. The Balaban J connectivity index is 2.11. The Morgan fingerprint density at radius 2 is 2.29 bits per heavy atom. The highest BCUT2D eigenvalue weighted by atomic mass is 79.9. The summed E-state index contributed by atoms with van der Waals surface area (Å²) in [6.45, 7) is 4.58. The molecule has 1 aromatic carbocycles. The van der Waals surface area contributed by atoms with Crippen LogP contribution in [0.25, 0.3) is 0 Å². The van der Waals surface area contributed by atoms with Gasteiger partial charge in [0.25, 0.3) is 0 Å². The van der Waals surface area contributed by atoms with Crippen LogP contribution in [0.4, 0.5) is 0 Å². The van der Waals surface area contributed by atoms with Crippen LogP contribution in [0.15, 0.2) is 22.7 Å². The number of halogens is 1. The fourth-order valence-electron chi connectivity index (χ4n) is 2.98. The highest BCUT2D eigenvalue weighted by Gasteiger charge is 2.42. The molecule has 2 atom stereocenters. The quantitative estimate of drug-likeness (QED) is 0.728. The average molecular weight is 297 g/mol. The van der Waals surface area contributed by atoms with E-state index in [9.17, 15) is 0 Å². The Kier molecular flexibility index (Phi) is 3.01. The van der Waals surface area contributed by atoms with Gasteiger partial charge in [0.1, 0.15) is 5.60 Å². The summed E-state index contributed by atoms with van der Waals surface area (Å²) in [6, 6.07) is 6.42. The minimum atomic E-state index is -0.191. The second kappa shape index (κ2) is 4.38. The summed E-state index contributed by atoms with van der Waals surface area (Å²) in [7, 11) is 0. The first-order valence-corrected chi connectivity index (χ1v) is 7.03. The maximum Gasteiger partial charge on any atom is 0.117 e. The van der Waals surface area contributed by atoms with Gasteiger partial charge in [0.15, 0.2) is 0 Å². The van der Waals surface area contributed by atoms with Crippen LogP contribution in [0, 0.1) is 0 Å². The van der Waals surface area contributed by atoms with E-state index in [1.165, 1.54) is 15.6 Å². The van der Waals surface area contributed by atoms with Crippen molar-refractivity contribution in [1.29, 1.82) is 0 Å². The molecule has 17 heavy (non-hydrogen) atoms. The molecule has 0 radical (unpaired) electrons. The van der Waals surface area contributed by atoms with Gasteiger partial charge in [-0.1, -0.05) is 35.0 Å². The van der Waals surface area contributed by atoms with E-state index in [0.717, 1.165) is 26.1 Å². The molecule has 0 N–H and O–H groups in total. The third-order valence-corrected chi connectivity index (χ3v) is 4.54. The zero-order valence-corrected chi connectivity index (χ0v) is 11.6. The zero-order valence-electron chi connectivity index (χ0n) is 10.0. The first kappa shape index (κ1) is 11.7. The van der Waals surface area contributed by atoms with Gasteiger partial charge >= 0.3 is 0 Å². The third-order valence-electron chi connectivity index (χ3n) is 3.85. The minimum absolute atomic E-state index is 0.191. The van der Waals surface area contributed by atoms with Gasteiger partial charge < -0.3 is 9.47 Å². The molecule has 0 aromatic heterocycles. The normalized spacial score (nSPS) is 32.5. The van der Waals surface area contributed by atoms with E-state index in [1.54, 1.807) is 0 Å². The van der Waals surface area contributed by atoms with E-state index >= 15 is 0 Å². The lowest BCUT2D eigenvalue weighted by Gasteiger charge is -2.43. The Bertz CT molecular complexity index is 424. The third kappa shape index (κ3) is 1.85. The van der Waals surface area contributed by atoms with Crippen molar-refractivity contribution in [3.63, 3.8) is 0 Å². The molecule has 3 rings (SSSR count). The molecule has 1 saturated heterocycles. The standard InChI is InChI=1S/C14H17BrO2/c1-10-8-17-14(6-3-7-16-9-14)11-4-2-5-12(15)13(10)11/h2,4-5,10H,3,6-9H2,1H3/t10-,14-/m1/s1. The van der Waals surface area contributed by atoms with Gasteiger partial charge in [0.2, 0.25) is 0 Å². The van der Waals surface area contributed by atoms with Crippen LogP contribution in [0.3, 0.4) is 0 Å². The number of fused-ring (bicyclic) bond motifs is 2. The molecular formula is C14H17BrO2. The molecule has 0 unspecified atom stereocenters. The van der Waals surface area contributed by atoms with Gasteiger partial charge in [-0.2, -0.15) is 0 Å². The predicted molar refractivity (Wildman–Crippen MR) is 70.2 cm³/mol. The minimum Gasteiger partial charge on any atom is -0.378 e. The van der Waals surface area contributed by atoms with Crippen molar-refractivity contribution in [3.8, 4) is 0 Å². The SMILES string of the molecule is C[C@@H]1CO[C@@]2(CCCOC2)c2cccc(Br)c21. The van der Waals surface area contributed by atoms with E-state index in [0.29, 0.717) is 12.5 Å². The molecule has 1 aromatic rings. The van der Waals surface area contributed by atoms with Crippen LogP contribution >= 0.6 is 15.9 Å². The molecule has 1 spiro atoms. The summed E-state index contributed by atoms with van der Waals surface area (Å²) >= 11 is 3.68. The number of hydrogen-bond donors (Lipinski definition) is 0. The van der Waals surface area contributed by atoms with Crippen LogP contribution < -0.4 is 0 Å². The maximum absolute atomic E-state index is 6.15. The summed E-state index contributed by atoms with van der Waals surface area (Å²) in [5, 5.41) is 0. The van der Waals surface area contributed by atoms with Crippen molar-refractivity contribution in [2.45, 2.75) is 31.3 Å². The number of hydrogen-bond acceptors (Lipinski definition) is 2. The molecule has 0 bridgehead atoms. The molecule has 1 fully saturated rings. The van der Waals surface area contributed by atoms with Crippen molar-refractivity contribution < 1.29 is 9.47 Å². The van der Waals surface area contributed by atoms with Crippen molar-refractivity contribution >= 4 is 15.9 Å². The largest absolute Gasteiger partial charge is 0.378 e. The van der Waals surface area contributed by atoms with Gasteiger partial charge in [-0.25, -0.2) is 0 Å². The van der Waals surface area contributed by atoms with E-state index in [-0.39, 0.29) is 5.60 Å². The van der Waals surface area contributed by atoms with Crippen molar-refractivity contribution in [1.82, 2.24) is 0 Å². The molecule has 2 aliphatic heterocycles. The Hall–Kier alpha value is -0.380. The van der Waals surface area contributed by atoms with E-state index in [2.05, 4.69) is 41.1 Å². The topological polar surface area (TPSA) is 18.5 Å². The van der Waals surface area contributed by atoms with Crippen LogP contribution in [0.2, 0.25) is 0 Å². The lowest BCUT2D eigenvalue weighted by Crippen LogP contribution is -2.43. The van der Waals surface area contributed by atoms with E-state index in [1.807, 2.05) is 0 Å². The van der Waals surface area contributed by atoms with Crippen LogP contribution in [-0.2, 0) is 15.1 Å². The summed E-state index contributed by atoms with van der Waals surface area (Å²) in [5.74, 6) is 0.452. The van der Waals surface area contributed by atoms with Crippen molar-refractivity contribution in [2.75, 3.05) is 19.8 Å². The molecule has 0 aliphatic carbocycles. The van der Waals surface area contributed by atoms with Gasteiger partial charge in [0.05, 0.1) is 13.2 Å². The van der Waals surface area contributed by atoms with Gasteiger partial charge in [-0.15, -0.1) is 0 Å². The average Bonchev–Trinajstić information content (AvgIpc) is 2.36.